The number of nitrogens with one attached hydrogen (secondary N) is 2. The van der Waals surface area contributed by atoms with Gasteiger partial charge in [0.15, 0.2) is 0 Å². The Kier molecular flexibility index (Phi) is 6.41. The van der Waals surface area contributed by atoms with Gasteiger partial charge in [-0.05, 0) is 26.0 Å². The van der Waals surface area contributed by atoms with E-state index in [4.69, 9.17) is 0 Å². The van der Waals surface area contributed by atoms with Crippen LogP contribution in [0.5, 0.6) is 0 Å². The van der Waals surface area contributed by atoms with Gasteiger partial charge in [-0.15, -0.1) is 0 Å². The van der Waals surface area contributed by atoms with E-state index in [0.717, 1.165) is 11.0 Å². The number of para-hydroxylation sites is 1. The number of urea groups is 1. The summed E-state index contributed by atoms with van der Waals surface area (Å²) in [7, 11) is 0. The fourth-order valence-corrected chi connectivity index (χ4v) is 1.99. The number of benzene rings is 1. The Morgan fingerprint density at radius 2 is 1.83 bits per heavy atom. The summed E-state index contributed by atoms with van der Waals surface area (Å²) in [5, 5.41) is 5.09. The lowest BCUT2D eigenvalue weighted by Gasteiger charge is -2.25. The number of alkyl halides is 3. The van der Waals surface area contributed by atoms with Crippen molar-refractivity contribution in [3.05, 3.63) is 29.8 Å². The van der Waals surface area contributed by atoms with Crippen molar-refractivity contribution in [2.75, 3.05) is 18.0 Å². The van der Waals surface area contributed by atoms with Crippen molar-refractivity contribution >= 4 is 17.6 Å². The molecule has 3 amide bonds. The first kappa shape index (κ1) is 18.8. The molecule has 0 heterocycles. The van der Waals surface area contributed by atoms with E-state index >= 15 is 0 Å². The standard InChI is InChI=1S/C15H20F3N3O2/c1-10(2)20-14(23)19-8-9-21(11(3)22)13-7-5-4-6-12(13)15(16,17)18/h4-7,10H,8-9H2,1-3H3,(H2,19,20,23). The maximum atomic E-state index is 13.0. The summed E-state index contributed by atoms with van der Waals surface area (Å²) in [6.07, 6.45) is -4.56. The van der Waals surface area contributed by atoms with Gasteiger partial charge in [0.05, 0.1) is 11.3 Å². The lowest BCUT2D eigenvalue weighted by molar-refractivity contribution is -0.137. The third-order valence-electron chi connectivity index (χ3n) is 2.92. The van der Waals surface area contributed by atoms with Crippen LogP contribution in [0.2, 0.25) is 0 Å². The maximum Gasteiger partial charge on any atom is 0.418 e. The van der Waals surface area contributed by atoms with Gasteiger partial charge in [0.25, 0.3) is 0 Å². The molecule has 128 valence electrons. The third-order valence-corrected chi connectivity index (χ3v) is 2.92. The van der Waals surface area contributed by atoms with Gasteiger partial charge in [0.2, 0.25) is 5.91 Å². The number of anilines is 1. The molecule has 0 bridgehead atoms. The second-order valence-corrected chi connectivity index (χ2v) is 5.24. The van der Waals surface area contributed by atoms with E-state index in [2.05, 4.69) is 10.6 Å². The van der Waals surface area contributed by atoms with Crippen LogP contribution in [0.15, 0.2) is 24.3 Å². The highest BCUT2D eigenvalue weighted by Gasteiger charge is 2.35. The van der Waals surface area contributed by atoms with Gasteiger partial charge in [-0.25, -0.2) is 4.79 Å². The number of carbonyl (C=O) groups excluding carboxylic acids is 2. The number of hydrogen-bond donors (Lipinski definition) is 2. The van der Waals surface area contributed by atoms with E-state index in [0.29, 0.717) is 0 Å². The zero-order chi connectivity index (χ0) is 17.6. The van der Waals surface area contributed by atoms with Crippen molar-refractivity contribution in [1.82, 2.24) is 10.6 Å². The van der Waals surface area contributed by atoms with Gasteiger partial charge < -0.3 is 15.5 Å². The van der Waals surface area contributed by atoms with Crippen LogP contribution in [0.3, 0.4) is 0 Å². The zero-order valence-corrected chi connectivity index (χ0v) is 13.2. The molecule has 1 rings (SSSR count). The predicted molar refractivity (Wildman–Crippen MR) is 81.1 cm³/mol. The molecule has 0 aliphatic carbocycles. The van der Waals surface area contributed by atoms with E-state index in [1.807, 2.05) is 0 Å². The van der Waals surface area contributed by atoms with Crippen molar-refractivity contribution in [2.45, 2.75) is 33.0 Å². The summed E-state index contributed by atoms with van der Waals surface area (Å²) in [6.45, 7) is 4.71. The highest BCUT2D eigenvalue weighted by Crippen LogP contribution is 2.36. The normalized spacial score (nSPS) is 11.3. The average molecular weight is 331 g/mol. The topological polar surface area (TPSA) is 61.4 Å². The Labute approximate surface area is 132 Å². The maximum absolute atomic E-state index is 13.0. The van der Waals surface area contributed by atoms with Crippen LogP contribution in [0.25, 0.3) is 0 Å². The van der Waals surface area contributed by atoms with E-state index < -0.39 is 23.7 Å². The first-order valence-corrected chi connectivity index (χ1v) is 7.11. The van der Waals surface area contributed by atoms with Crippen LogP contribution in [-0.2, 0) is 11.0 Å². The van der Waals surface area contributed by atoms with Crippen molar-refractivity contribution < 1.29 is 22.8 Å². The molecule has 1 aromatic rings. The molecule has 0 aliphatic heterocycles. The third kappa shape index (κ3) is 5.80. The fourth-order valence-electron chi connectivity index (χ4n) is 1.99. The quantitative estimate of drug-likeness (QED) is 0.871. The monoisotopic (exact) mass is 331 g/mol. The molecule has 0 fully saturated rings. The van der Waals surface area contributed by atoms with E-state index in [9.17, 15) is 22.8 Å². The number of nitrogens with zero attached hydrogens (tertiary/aromatic N) is 1. The Hall–Kier alpha value is -2.25. The summed E-state index contributed by atoms with van der Waals surface area (Å²) in [5.41, 5.74) is -1.11. The van der Waals surface area contributed by atoms with Gasteiger partial charge in [-0.1, -0.05) is 12.1 Å². The van der Waals surface area contributed by atoms with E-state index in [-0.39, 0.29) is 24.8 Å². The molecule has 0 atom stereocenters. The van der Waals surface area contributed by atoms with Crippen molar-refractivity contribution in [1.29, 1.82) is 0 Å². The Morgan fingerprint density at radius 1 is 1.22 bits per heavy atom. The van der Waals surface area contributed by atoms with Crippen molar-refractivity contribution in [3.63, 3.8) is 0 Å². The molecule has 0 unspecified atom stereocenters. The van der Waals surface area contributed by atoms with Crippen LogP contribution in [0, 0.1) is 0 Å². The molecular weight excluding hydrogens is 311 g/mol. The smallest absolute Gasteiger partial charge is 0.336 e. The van der Waals surface area contributed by atoms with Crippen LogP contribution < -0.4 is 15.5 Å². The van der Waals surface area contributed by atoms with Crippen LogP contribution in [0.4, 0.5) is 23.7 Å². The molecule has 23 heavy (non-hydrogen) atoms. The molecule has 5 nitrogen and oxygen atoms in total. The largest absolute Gasteiger partial charge is 0.418 e. The molecule has 0 spiro atoms. The summed E-state index contributed by atoms with van der Waals surface area (Å²) in [5.74, 6) is -0.534. The average Bonchev–Trinajstić information content (AvgIpc) is 2.41. The molecule has 0 saturated heterocycles. The van der Waals surface area contributed by atoms with Crippen LogP contribution >= 0.6 is 0 Å². The van der Waals surface area contributed by atoms with Crippen LogP contribution in [-0.4, -0.2) is 31.1 Å². The van der Waals surface area contributed by atoms with E-state index in [1.165, 1.54) is 25.1 Å². The SMILES string of the molecule is CC(=O)N(CCNC(=O)NC(C)C)c1ccccc1C(F)(F)F. The minimum atomic E-state index is -4.56. The molecule has 0 aliphatic rings. The van der Waals surface area contributed by atoms with Crippen LogP contribution in [0.1, 0.15) is 26.3 Å². The first-order chi connectivity index (χ1) is 10.6. The zero-order valence-electron chi connectivity index (χ0n) is 13.2. The number of carbonyl (C=O) groups is 2. The Morgan fingerprint density at radius 3 is 2.35 bits per heavy atom. The summed E-state index contributed by atoms with van der Waals surface area (Å²) in [4.78, 5) is 24.2. The highest BCUT2D eigenvalue weighted by atomic mass is 19.4. The number of halogens is 3. The minimum Gasteiger partial charge on any atom is -0.336 e. The second-order valence-electron chi connectivity index (χ2n) is 5.24. The van der Waals surface area contributed by atoms with Gasteiger partial charge in [0.1, 0.15) is 0 Å². The van der Waals surface area contributed by atoms with Gasteiger partial charge in [-0.2, -0.15) is 13.2 Å². The summed E-state index contributed by atoms with van der Waals surface area (Å²) in [6, 6.07) is 4.35. The molecule has 0 aromatic heterocycles. The fraction of sp³-hybridized carbons (Fsp3) is 0.467. The first-order valence-electron chi connectivity index (χ1n) is 7.11. The minimum absolute atomic E-state index is 0.0321. The summed E-state index contributed by atoms with van der Waals surface area (Å²) < 4.78 is 39.1. The summed E-state index contributed by atoms with van der Waals surface area (Å²) >= 11 is 0. The van der Waals surface area contributed by atoms with Gasteiger partial charge in [0, 0.05) is 26.1 Å². The molecular formula is C15H20F3N3O2. The highest BCUT2D eigenvalue weighted by molar-refractivity contribution is 5.92. The molecule has 1 aromatic carbocycles. The molecule has 0 radical (unpaired) electrons. The molecule has 0 saturated carbocycles. The van der Waals surface area contributed by atoms with Crippen molar-refractivity contribution in [3.8, 4) is 0 Å². The van der Waals surface area contributed by atoms with E-state index in [1.54, 1.807) is 13.8 Å². The van der Waals surface area contributed by atoms with Crippen molar-refractivity contribution in [2.24, 2.45) is 0 Å². The lowest BCUT2D eigenvalue weighted by Crippen LogP contribution is -2.44. The second kappa shape index (κ2) is 7.85. The molecule has 2 N–H and O–H groups in total. The van der Waals surface area contributed by atoms with Gasteiger partial charge >= 0.3 is 12.2 Å². The number of amides is 3. The predicted octanol–water partition coefficient (Wildman–Crippen LogP) is 2.77. The lowest BCUT2D eigenvalue weighted by atomic mass is 10.1. The number of rotatable bonds is 5. The molecule has 8 heteroatoms. The number of hydrogen-bond acceptors (Lipinski definition) is 2. The Balaban J connectivity index is 2.85. The Bertz CT molecular complexity index is 559. The van der Waals surface area contributed by atoms with Gasteiger partial charge in [-0.3, -0.25) is 4.79 Å².